The monoisotopic (exact) mass is 344 g/mol. The lowest BCUT2D eigenvalue weighted by molar-refractivity contribution is 0.1000. The Bertz CT molecular complexity index is 716. The Kier molecular flexibility index (Phi) is 5.38. The quantitative estimate of drug-likeness (QED) is 0.907. The zero-order valence-electron chi connectivity index (χ0n) is 13.5. The summed E-state index contributed by atoms with van der Waals surface area (Å²) < 4.78 is 5.77. The van der Waals surface area contributed by atoms with E-state index in [0.717, 1.165) is 38.2 Å². The smallest absolute Gasteiger partial charge is 0.248 e. The molecule has 4 nitrogen and oxygen atoms in total. The van der Waals surface area contributed by atoms with Crippen molar-refractivity contribution in [3.8, 4) is 5.75 Å². The third-order valence-electron chi connectivity index (χ3n) is 4.38. The van der Waals surface area contributed by atoms with Gasteiger partial charge in [-0.15, -0.1) is 0 Å². The lowest BCUT2D eigenvalue weighted by Crippen LogP contribution is -2.30. The van der Waals surface area contributed by atoms with E-state index in [1.807, 2.05) is 42.5 Å². The average Bonchev–Trinajstić information content (AvgIpc) is 2.78. The van der Waals surface area contributed by atoms with Gasteiger partial charge in [-0.3, -0.25) is 9.69 Å². The normalized spacial score (nSPS) is 14.7. The molecule has 126 valence electrons. The molecule has 0 atom stereocenters. The molecule has 0 bridgehead atoms. The van der Waals surface area contributed by atoms with Crippen LogP contribution in [0, 0.1) is 0 Å². The van der Waals surface area contributed by atoms with Crippen molar-refractivity contribution >= 4 is 17.5 Å². The fourth-order valence-electron chi connectivity index (χ4n) is 2.97. The SMILES string of the molecule is NC(=O)c1ccc2c(c1)CCN(CCOc1ccc(Cl)cc1)CC2. The molecule has 0 fully saturated rings. The molecule has 24 heavy (non-hydrogen) atoms. The van der Waals surface area contributed by atoms with Crippen LogP contribution in [0.1, 0.15) is 21.5 Å². The van der Waals surface area contributed by atoms with Crippen molar-refractivity contribution in [1.29, 1.82) is 0 Å². The summed E-state index contributed by atoms with van der Waals surface area (Å²) in [6, 6.07) is 13.2. The van der Waals surface area contributed by atoms with Crippen molar-refractivity contribution in [1.82, 2.24) is 4.90 Å². The summed E-state index contributed by atoms with van der Waals surface area (Å²) in [5.74, 6) is 0.471. The van der Waals surface area contributed by atoms with E-state index in [-0.39, 0.29) is 5.91 Å². The van der Waals surface area contributed by atoms with Gasteiger partial charge in [0.05, 0.1) is 0 Å². The summed E-state index contributed by atoms with van der Waals surface area (Å²) >= 11 is 5.87. The zero-order valence-corrected chi connectivity index (χ0v) is 14.3. The van der Waals surface area contributed by atoms with E-state index in [4.69, 9.17) is 22.1 Å². The van der Waals surface area contributed by atoms with E-state index >= 15 is 0 Å². The van der Waals surface area contributed by atoms with Crippen LogP contribution < -0.4 is 10.5 Å². The highest BCUT2D eigenvalue weighted by atomic mass is 35.5. The molecule has 0 saturated heterocycles. The Morgan fingerprint density at radius 3 is 2.50 bits per heavy atom. The number of ether oxygens (including phenoxy) is 1. The molecule has 0 aliphatic carbocycles. The van der Waals surface area contributed by atoms with Gasteiger partial charge in [0.1, 0.15) is 12.4 Å². The Labute approximate surface area is 147 Å². The van der Waals surface area contributed by atoms with Crippen molar-refractivity contribution in [2.75, 3.05) is 26.2 Å². The number of carbonyl (C=O) groups excluding carboxylic acids is 1. The van der Waals surface area contributed by atoms with Gasteiger partial charge in [-0.2, -0.15) is 0 Å². The van der Waals surface area contributed by atoms with Crippen molar-refractivity contribution in [3.05, 3.63) is 64.2 Å². The molecular weight excluding hydrogens is 324 g/mol. The summed E-state index contributed by atoms with van der Waals surface area (Å²) in [5, 5.41) is 0.711. The fraction of sp³-hybridized carbons (Fsp3) is 0.316. The van der Waals surface area contributed by atoms with Crippen molar-refractivity contribution in [3.63, 3.8) is 0 Å². The number of halogens is 1. The molecule has 0 spiro atoms. The molecule has 0 unspecified atom stereocenters. The Hall–Kier alpha value is -2.04. The molecule has 5 heteroatoms. The van der Waals surface area contributed by atoms with E-state index in [1.165, 1.54) is 11.1 Å². The van der Waals surface area contributed by atoms with Crippen LogP contribution in [-0.2, 0) is 12.8 Å². The Morgan fingerprint density at radius 2 is 1.79 bits per heavy atom. The van der Waals surface area contributed by atoms with E-state index in [2.05, 4.69) is 4.90 Å². The molecule has 0 radical (unpaired) electrons. The van der Waals surface area contributed by atoms with Gasteiger partial charge in [0.2, 0.25) is 5.91 Å². The van der Waals surface area contributed by atoms with Crippen molar-refractivity contribution in [2.24, 2.45) is 5.73 Å². The highest BCUT2D eigenvalue weighted by Crippen LogP contribution is 2.18. The topological polar surface area (TPSA) is 55.6 Å². The minimum Gasteiger partial charge on any atom is -0.492 e. The van der Waals surface area contributed by atoms with Gasteiger partial charge in [0.25, 0.3) is 0 Å². The first-order valence-corrected chi connectivity index (χ1v) is 8.52. The number of primary amides is 1. The second kappa shape index (κ2) is 7.69. The molecule has 0 aromatic heterocycles. The summed E-state index contributed by atoms with van der Waals surface area (Å²) in [6.45, 7) is 3.47. The first-order valence-electron chi connectivity index (χ1n) is 8.14. The third-order valence-corrected chi connectivity index (χ3v) is 4.63. The van der Waals surface area contributed by atoms with Crippen LogP contribution in [-0.4, -0.2) is 37.0 Å². The molecule has 2 aromatic carbocycles. The van der Waals surface area contributed by atoms with Gasteiger partial charge >= 0.3 is 0 Å². The Morgan fingerprint density at radius 1 is 1.08 bits per heavy atom. The van der Waals surface area contributed by atoms with Gasteiger partial charge < -0.3 is 10.5 Å². The van der Waals surface area contributed by atoms with Gasteiger partial charge in [-0.25, -0.2) is 0 Å². The Balaban J connectivity index is 1.52. The highest BCUT2D eigenvalue weighted by Gasteiger charge is 2.15. The van der Waals surface area contributed by atoms with Crippen LogP contribution >= 0.6 is 11.6 Å². The molecule has 0 saturated carbocycles. The summed E-state index contributed by atoms with van der Waals surface area (Å²) in [6.07, 6.45) is 1.91. The van der Waals surface area contributed by atoms with Crippen LogP contribution in [0.5, 0.6) is 5.75 Å². The summed E-state index contributed by atoms with van der Waals surface area (Å²) in [5.41, 5.74) is 8.50. The number of nitrogens with zero attached hydrogens (tertiary/aromatic N) is 1. The molecule has 1 amide bonds. The number of benzene rings is 2. The lowest BCUT2D eigenvalue weighted by Gasteiger charge is -2.19. The molecule has 1 heterocycles. The summed E-state index contributed by atoms with van der Waals surface area (Å²) in [4.78, 5) is 13.7. The first kappa shape index (κ1) is 16.8. The maximum absolute atomic E-state index is 11.3. The second-order valence-corrected chi connectivity index (χ2v) is 6.43. The molecular formula is C19H21ClN2O2. The van der Waals surface area contributed by atoms with E-state index < -0.39 is 0 Å². The van der Waals surface area contributed by atoms with Gasteiger partial charge in [0.15, 0.2) is 0 Å². The number of nitrogens with two attached hydrogens (primary N) is 1. The fourth-order valence-corrected chi connectivity index (χ4v) is 3.10. The average molecular weight is 345 g/mol. The maximum atomic E-state index is 11.3. The molecule has 2 N–H and O–H groups in total. The number of fused-ring (bicyclic) bond motifs is 1. The number of amides is 1. The number of hydrogen-bond donors (Lipinski definition) is 1. The van der Waals surface area contributed by atoms with Gasteiger partial charge in [-0.05, 0) is 60.4 Å². The maximum Gasteiger partial charge on any atom is 0.248 e. The number of carbonyl (C=O) groups is 1. The predicted molar refractivity (Wildman–Crippen MR) is 95.8 cm³/mol. The molecule has 2 aromatic rings. The van der Waals surface area contributed by atoms with Gasteiger partial charge in [-0.1, -0.05) is 17.7 Å². The third kappa shape index (κ3) is 4.28. The second-order valence-electron chi connectivity index (χ2n) is 5.99. The minimum absolute atomic E-state index is 0.365. The van der Waals surface area contributed by atoms with E-state index in [9.17, 15) is 4.79 Å². The van der Waals surface area contributed by atoms with Crippen LogP contribution in [0.4, 0.5) is 0 Å². The lowest BCUT2D eigenvalue weighted by atomic mass is 10.00. The highest BCUT2D eigenvalue weighted by molar-refractivity contribution is 6.30. The minimum atomic E-state index is -0.365. The van der Waals surface area contributed by atoms with Gasteiger partial charge in [0, 0.05) is 30.2 Å². The van der Waals surface area contributed by atoms with Crippen LogP contribution in [0.25, 0.3) is 0 Å². The number of hydrogen-bond acceptors (Lipinski definition) is 3. The van der Waals surface area contributed by atoms with Crippen LogP contribution in [0.15, 0.2) is 42.5 Å². The van der Waals surface area contributed by atoms with Crippen molar-refractivity contribution < 1.29 is 9.53 Å². The number of rotatable bonds is 5. The van der Waals surface area contributed by atoms with E-state index in [1.54, 1.807) is 0 Å². The predicted octanol–water partition coefficient (Wildman–Crippen LogP) is 2.92. The molecule has 1 aliphatic rings. The zero-order chi connectivity index (χ0) is 16.9. The molecule has 1 aliphatic heterocycles. The largest absolute Gasteiger partial charge is 0.492 e. The first-order chi connectivity index (χ1) is 11.6. The summed E-state index contributed by atoms with van der Waals surface area (Å²) in [7, 11) is 0. The van der Waals surface area contributed by atoms with E-state index in [0.29, 0.717) is 17.2 Å². The van der Waals surface area contributed by atoms with Crippen LogP contribution in [0.3, 0.4) is 0 Å². The standard InChI is InChI=1S/C19H21ClN2O2/c20-17-3-5-18(6-4-17)24-12-11-22-9-7-14-1-2-16(19(21)23)13-15(14)8-10-22/h1-6,13H,7-12H2,(H2,21,23). The van der Waals surface area contributed by atoms with Crippen molar-refractivity contribution in [2.45, 2.75) is 12.8 Å². The van der Waals surface area contributed by atoms with Crippen LogP contribution in [0.2, 0.25) is 5.02 Å². The molecule has 3 rings (SSSR count).